The van der Waals surface area contributed by atoms with Crippen molar-refractivity contribution in [2.24, 2.45) is 5.73 Å². The van der Waals surface area contributed by atoms with E-state index in [9.17, 15) is 14.4 Å². The number of hydrogen-bond donors (Lipinski definition) is 3. The lowest BCUT2D eigenvalue weighted by molar-refractivity contribution is -0.114. The van der Waals surface area contributed by atoms with Crippen LogP contribution < -0.4 is 17.0 Å². The van der Waals surface area contributed by atoms with E-state index in [1.54, 1.807) is 30.3 Å². The Kier molecular flexibility index (Phi) is 2.72. The van der Waals surface area contributed by atoms with E-state index >= 15 is 0 Å². The highest BCUT2D eigenvalue weighted by Gasteiger charge is 2.23. The standard InChI is InChI=1S/C11H10N4O3/c12-9-7(8(16)10(13)17)11(18)15(14-9)6-4-2-1-3-5-6/h1-5,14H,12H2,(H2,13,17). The molecule has 0 aliphatic heterocycles. The van der Waals surface area contributed by atoms with Gasteiger partial charge >= 0.3 is 0 Å². The molecule has 92 valence electrons. The number of amides is 1. The van der Waals surface area contributed by atoms with Crippen LogP contribution in [0.2, 0.25) is 0 Å². The second-order valence-electron chi connectivity index (χ2n) is 3.57. The van der Waals surface area contributed by atoms with E-state index in [0.717, 1.165) is 4.68 Å². The van der Waals surface area contributed by atoms with Gasteiger partial charge in [0.15, 0.2) is 0 Å². The number of aromatic nitrogens is 2. The fraction of sp³-hybridized carbons (Fsp3) is 0. The van der Waals surface area contributed by atoms with E-state index in [4.69, 9.17) is 11.5 Å². The first kappa shape index (κ1) is 11.6. The van der Waals surface area contributed by atoms with Crippen molar-refractivity contribution in [1.29, 1.82) is 0 Å². The normalized spacial score (nSPS) is 10.2. The Bertz CT molecular complexity index is 669. The van der Waals surface area contributed by atoms with Crippen molar-refractivity contribution in [3.8, 4) is 5.69 Å². The lowest BCUT2D eigenvalue weighted by Gasteiger charge is -1.99. The van der Waals surface area contributed by atoms with Gasteiger partial charge in [0.05, 0.1) is 5.69 Å². The van der Waals surface area contributed by atoms with Crippen LogP contribution in [-0.4, -0.2) is 21.5 Å². The second kappa shape index (κ2) is 4.21. The zero-order chi connectivity index (χ0) is 13.3. The third-order valence-electron chi connectivity index (χ3n) is 2.38. The molecular weight excluding hydrogens is 236 g/mol. The zero-order valence-corrected chi connectivity index (χ0v) is 9.21. The van der Waals surface area contributed by atoms with Gasteiger partial charge in [-0.05, 0) is 12.1 Å². The van der Waals surface area contributed by atoms with Crippen LogP contribution >= 0.6 is 0 Å². The van der Waals surface area contributed by atoms with Crippen LogP contribution in [0.4, 0.5) is 5.82 Å². The van der Waals surface area contributed by atoms with E-state index in [1.165, 1.54) is 0 Å². The Morgan fingerprint density at radius 2 is 1.78 bits per heavy atom. The van der Waals surface area contributed by atoms with Gasteiger partial charge in [-0.3, -0.25) is 19.5 Å². The summed E-state index contributed by atoms with van der Waals surface area (Å²) in [5.74, 6) is -2.52. The number of aromatic amines is 1. The van der Waals surface area contributed by atoms with E-state index < -0.39 is 22.8 Å². The molecule has 1 heterocycles. The number of carbonyl (C=O) groups excluding carboxylic acids is 2. The van der Waals surface area contributed by atoms with E-state index in [1.807, 2.05) is 0 Å². The molecule has 0 aliphatic carbocycles. The fourth-order valence-corrected chi connectivity index (χ4v) is 1.56. The first-order valence-corrected chi connectivity index (χ1v) is 5.02. The molecule has 0 bridgehead atoms. The molecule has 2 aromatic rings. The molecule has 0 fully saturated rings. The number of hydrogen-bond acceptors (Lipinski definition) is 4. The third kappa shape index (κ3) is 1.77. The van der Waals surface area contributed by atoms with Crippen molar-refractivity contribution in [2.75, 3.05) is 5.73 Å². The number of H-pyrrole nitrogens is 1. The highest BCUT2D eigenvalue weighted by atomic mass is 16.2. The summed E-state index contributed by atoms with van der Waals surface area (Å²) in [6, 6.07) is 8.50. The summed E-state index contributed by atoms with van der Waals surface area (Å²) < 4.78 is 1.07. The molecule has 2 rings (SSSR count). The first-order chi connectivity index (χ1) is 8.52. The Labute approximate surface area is 101 Å². The molecule has 0 spiro atoms. The SMILES string of the molecule is NC(=O)C(=O)c1c(N)[nH]n(-c2ccccc2)c1=O. The number of nitrogens with one attached hydrogen (secondary N) is 1. The highest BCUT2D eigenvalue weighted by molar-refractivity contribution is 6.43. The molecule has 1 amide bonds. The number of primary amides is 1. The van der Waals surface area contributed by atoms with Crippen molar-refractivity contribution < 1.29 is 9.59 Å². The number of rotatable bonds is 3. The van der Waals surface area contributed by atoms with Crippen LogP contribution in [0.3, 0.4) is 0 Å². The monoisotopic (exact) mass is 246 g/mol. The van der Waals surface area contributed by atoms with Crippen LogP contribution in [0.1, 0.15) is 10.4 Å². The maximum atomic E-state index is 12.0. The summed E-state index contributed by atoms with van der Waals surface area (Å²) in [6.07, 6.45) is 0. The molecule has 0 saturated carbocycles. The summed E-state index contributed by atoms with van der Waals surface area (Å²) in [5, 5.41) is 2.52. The lowest BCUT2D eigenvalue weighted by Crippen LogP contribution is -2.29. The topological polar surface area (TPSA) is 124 Å². The van der Waals surface area contributed by atoms with Gasteiger partial charge in [0.1, 0.15) is 11.4 Å². The molecule has 0 unspecified atom stereocenters. The van der Waals surface area contributed by atoms with E-state index in [0.29, 0.717) is 5.69 Å². The zero-order valence-electron chi connectivity index (χ0n) is 9.21. The Hall–Kier alpha value is -2.83. The number of para-hydroxylation sites is 1. The maximum absolute atomic E-state index is 12.0. The van der Waals surface area contributed by atoms with Gasteiger partial charge in [-0.25, -0.2) is 4.68 Å². The Balaban J connectivity index is 2.62. The van der Waals surface area contributed by atoms with Crippen molar-refractivity contribution >= 4 is 17.5 Å². The Morgan fingerprint density at radius 1 is 1.17 bits per heavy atom. The van der Waals surface area contributed by atoms with Crippen molar-refractivity contribution in [3.63, 3.8) is 0 Å². The minimum absolute atomic E-state index is 0.187. The molecule has 1 aromatic carbocycles. The molecule has 0 radical (unpaired) electrons. The smallest absolute Gasteiger partial charge is 0.290 e. The van der Waals surface area contributed by atoms with Crippen LogP contribution in [0.15, 0.2) is 35.1 Å². The van der Waals surface area contributed by atoms with Gasteiger partial charge < -0.3 is 11.5 Å². The molecule has 7 nitrogen and oxygen atoms in total. The van der Waals surface area contributed by atoms with Crippen molar-refractivity contribution in [3.05, 3.63) is 46.2 Å². The van der Waals surface area contributed by atoms with Crippen LogP contribution in [0.5, 0.6) is 0 Å². The van der Waals surface area contributed by atoms with Gasteiger partial charge in [-0.1, -0.05) is 18.2 Å². The molecule has 5 N–H and O–H groups in total. The highest BCUT2D eigenvalue weighted by Crippen LogP contribution is 2.09. The predicted octanol–water partition coefficient (Wildman–Crippen LogP) is -0.584. The van der Waals surface area contributed by atoms with Crippen molar-refractivity contribution in [2.45, 2.75) is 0 Å². The summed E-state index contributed by atoms with van der Waals surface area (Å²) >= 11 is 0. The van der Waals surface area contributed by atoms with E-state index in [2.05, 4.69) is 5.10 Å². The average molecular weight is 246 g/mol. The molecule has 0 saturated heterocycles. The average Bonchev–Trinajstić information content (AvgIpc) is 2.65. The number of ketones is 1. The minimum atomic E-state index is -1.22. The van der Waals surface area contributed by atoms with E-state index in [-0.39, 0.29) is 5.82 Å². The van der Waals surface area contributed by atoms with Crippen LogP contribution in [0.25, 0.3) is 5.69 Å². The molecule has 0 atom stereocenters. The third-order valence-corrected chi connectivity index (χ3v) is 2.38. The number of nitrogen functional groups attached to an aromatic ring is 1. The summed E-state index contributed by atoms with van der Waals surface area (Å²) in [6.45, 7) is 0. The number of anilines is 1. The van der Waals surface area contributed by atoms with Gasteiger partial charge in [0.25, 0.3) is 17.2 Å². The van der Waals surface area contributed by atoms with Gasteiger partial charge in [0.2, 0.25) is 0 Å². The van der Waals surface area contributed by atoms with Gasteiger partial charge in [-0.2, -0.15) is 0 Å². The number of nitrogens with two attached hydrogens (primary N) is 2. The van der Waals surface area contributed by atoms with Crippen LogP contribution in [-0.2, 0) is 4.79 Å². The summed E-state index contributed by atoms with van der Waals surface area (Å²) in [7, 11) is 0. The van der Waals surface area contributed by atoms with Gasteiger partial charge in [-0.15, -0.1) is 0 Å². The summed E-state index contributed by atoms with van der Waals surface area (Å²) in [5.41, 5.74) is 9.71. The molecule has 7 heteroatoms. The van der Waals surface area contributed by atoms with Crippen molar-refractivity contribution in [1.82, 2.24) is 9.78 Å². The van der Waals surface area contributed by atoms with Crippen LogP contribution in [0, 0.1) is 0 Å². The number of carbonyl (C=O) groups is 2. The molecule has 0 aliphatic rings. The van der Waals surface area contributed by atoms with Gasteiger partial charge in [0, 0.05) is 0 Å². The minimum Gasteiger partial charge on any atom is -0.383 e. The second-order valence-corrected chi connectivity index (χ2v) is 3.57. The maximum Gasteiger partial charge on any atom is 0.290 e. The number of Topliss-reactive ketones (excluding diaryl/α,β-unsaturated/α-hetero) is 1. The fourth-order valence-electron chi connectivity index (χ4n) is 1.56. The molecule has 1 aromatic heterocycles. The first-order valence-electron chi connectivity index (χ1n) is 5.02. The number of nitrogens with zero attached hydrogens (tertiary/aromatic N) is 1. The predicted molar refractivity (Wildman–Crippen MR) is 64.3 cm³/mol. The molecular formula is C11H10N4O3. The largest absolute Gasteiger partial charge is 0.383 e. The Morgan fingerprint density at radius 3 is 2.33 bits per heavy atom. The lowest BCUT2D eigenvalue weighted by atomic mass is 10.2. The molecule has 18 heavy (non-hydrogen) atoms. The quantitative estimate of drug-likeness (QED) is 0.494. The number of benzene rings is 1. The summed E-state index contributed by atoms with van der Waals surface area (Å²) in [4.78, 5) is 34.2.